The van der Waals surface area contributed by atoms with Crippen LogP contribution in [-0.2, 0) is 11.3 Å². The predicted octanol–water partition coefficient (Wildman–Crippen LogP) is 3.60. The molecule has 0 aliphatic heterocycles. The van der Waals surface area contributed by atoms with Gasteiger partial charge in [-0.05, 0) is 49.4 Å². The maximum absolute atomic E-state index is 5.05. The molecule has 0 aliphatic rings. The van der Waals surface area contributed by atoms with Crippen LogP contribution in [0.25, 0.3) is 0 Å². The van der Waals surface area contributed by atoms with Crippen molar-refractivity contribution in [3.05, 3.63) is 29.3 Å². The average Bonchev–Trinajstić information content (AvgIpc) is 2.43. The van der Waals surface area contributed by atoms with Crippen LogP contribution in [0.4, 0.5) is 5.69 Å². The lowest BCUT2D eigenvalue weighted by atomic mass is 10.0. The molecule has 0 saturated carbocycles. The number of anilines is 1. The van der Waals surface area contributed by atoms with Crippen molar-refractivity contribution in [1.29, 1.82) is 0 Å². The quantitative estimate of drug-likeness (QED) is 0.704. The van der Waals surface area contributed by atoms with Gasteiger partial charge in [-0.2, -0.15) is 0 Å². The van der Waals surface area contributed by atoms with Crippen LogP contribution in [0.5, 0.6) is 0 Å². The summed E-state index contributed by atoms with van der Waals surface area (Å²) in [5.41, 5.74) is 4.02. The average molecular weight is 292 g/mol. The molecule has 0 fully saturated rings. The number of methoxy groups -OCH3 is 1. The molecule has 0 saturated heterocycles. The summed E-state index contributed by atoms with van der Waals surface area (Å²) < 4.78 is 5.05. The van der Waals surface area contributed by atoms with Gasteiger partial charge in [0.05, 0.1) is 6.61 Å². The second kappa shape index (κ2) is 9.06. The molecule has 3 nitrogen and oxygen atoms in total. The SMILES string of the molecule is COCCNCc1ccc(N(C)C(C)CC(C)C)cc1C. The molecule has 120 valence electrons. The van der Waals surface area contributed by atoms with Crippen LogP contribution in [0, 0.1) is 12.8 Å². The Labute approximate surface area is 130 Å². The zero-order chi connectivity index (χ0) is 15.8. The Kier molecular flexibility index (Phi) is 7.76. The van der Waals surface area contributed by atoms with E-state index < -0.39 is 0 Å². The maximum Gasteiger partial charge on any atom is 0.0587 e. The normalized spacial score (nSPS) is 12.7. The third kappa shape index (κ3) is 6.06. The van der Waals surface area contributed by atoms with Gasteiger partial charge in [0.15, 0.2) is 0 Å². The van der Waals surface area contributed by atoms with Crippen molar-refractivity contribution in [2.75, 3.05) is 32.2 Å². The zero-order valence-corrected chi connectivity index (χ0v) is 14.6. The summed E-state index contributed by atoms with van der Waals surface area (Å²) in [5.74, 6) is 0.729. The molecular weight excluding hydrogens is 260 g/mol. The van der Waals surface area contributed by atoms with E-state index in [4.69, 9.17) is 4.74 Å². The lowest BCUT2D eigenvalue weighted by molar-refractivity contribution is 0.199. The van der Waals surface area contributed by atoms with Crippen molar-refractivity contribution in [1.82, 2.24) is 5.32 Å². The summed E-state index contributed by atoms with van der Waals surface area (Å²) in [6, 6.07) is 7.33. The fourth-order valence-electron chi connectivity index (χ4n) is 2.59. The minimum atomic E-state index is 0.565. The van der Waals surface area contributed by atoms with Gasteiger partial charge in [-0.15, -0.1) is 0 Å². The monoisotopic (exact) mass is 292 g/mol. The number of ether oxygens (including phenoxy) is 1. The Morgan fingerprint density at radius 1 is 1.24 bits per heavy atom. The molecule has 0 spiro atoms. The third-order valence-electron chi connectivity index (χ3n) is 4.01. The van der Waals surface area contributed by atoms with Crippen LogP contribution in [-0.4, -0.2) is 33.4 Å². The Balaban J connectivity index is 2.64. The highest BCUT2D eigenvalue weighted by molar-refractivity contribution is 5.51. The number of rotatable bonds is 9. The smallest absolute Gasteiger partial charge is 0.0587 e. The third-order valence-corrected chi connectivity index (χ3v) is 4.01. The van der Waals surface area contributed by atoms with Gasteiger partial charge < -0.3 is 15.0 Å². The molecule has 0 aromatic heterocycles. The summed E-state index contributed by atoms with van der Waals surface area (Å²) in [7, 11) is 3.92. The molecule has 1 unspecified atom stereocenters. The van der Waals surface area contributed by atoms with E-state index in [2.05, 4.69) is 63.2 Å². The molecule has 1 aromatic rings. The number of hydrogen-bond donors (Lipinski definition) is 1. The second-order valence-electron chi connectivity index (χ2n) is 6.37. The van der Waals surface area contributed by atoms with E-state index in [0.717, 1.165) is 25.6 Å². The molecule has 0 amide bonds. The molecule has 21 heavy (non-hydrogen) atoms. The van der Waals surface area contributed by atoms with Gasteiger partial charge in [-0.3, -0.25) is 0 Å². The number of aryl methyl sites for hydroxylation is 1. The first kappa shape index (κ1) is 18.0. The fourth-order valence-corrected chi connectivity index (χ4v) is 2.59. The van der Waals surface area contributed by atoms with E-state index >= 15 is 0 Å². The van der Waals surface area contributed by atoms with Crippen LogP contribution in [0.2, 0.25) is 0 Å². The molecule has 1 N–H and O–H groups in total. The van der Waals surface area contributed by atoms with Gasteiger partial charge >= 0.3 is 0 Å². The van der Waals surface area contributed by atoms with Gasteiger partial charge in [0.1, 0.15) is 0 Å². The van der Waals surface area contributed by atoms with Crippen molar-refractivity contribution in [2.45, 2.75) is 46.7 Å². The highest BCUT2D eigenvalue weighted by atomic mass is 16.5. The molecule has 1 atom stereocenters. The van der Waals surface area contributed by atoms with Crippen LogP contribution < -0.4 is 10.2 Å². The molecule has 1 aromatic carbocycles. The van der Waals surface area contributed by atoms with Crippen molar-refractivity contribution >= 4 is 5.69 Å². The van der Waals surface area contributed by atoms with E-state index in [1.54, 1.807) is 7.11 Å². The fraction of sp³-hybridized carbons (Fsp3) is 0.667. The molecule has 3 heteroatoms. The molecule has 0 radical (unpaired) electrons. The summed E-state index contributed by atoms with van der Waals surface area (Å²) >= 11 is 0. The van der Waals surface area contributed by atoms with E-state index in [1.165, 1.54) is 23.2 Å². The van der Waals surface area contributed by atoms with Gasteiger partial charge in [0.25, 0.3) is 0 Å². The van der Waals surface area contributed by atoms with Gasteiger partial charge in [-0.25, -0.2) is 0 Å². The van der Waals surface area contributed by atoms with E-state index in [9.17, 15) is 0 Å². The van der Waals surface area contributed by atoms with Crippen molar-refractivity contribution < 1.29 is 4.74 Å². The first-order chi connectivity index (χ1) is 9.95. The largest absolute Gasteiger partial charge is 0.383 e. The standard InChI is InChI=1S/C18H32N2O/c1-14(2)11-16(4)20(5)18-8-7-17(15(3)12-18)13-19-9-10-21-6/h7-8,12,14,16,19H,9-11,13H2,1-6H3. The first-order valence-corrected chi connectivity index (χ1v) is 7.97. The molecule has 0 aliphatic carbocycles. The Morgan fingerprint density at radius 3 is 2.52 bits per heavy atom. The zero-order valence-electron chi connectivity index (χ0n) is 14.6. The van der Waals surface area contributed by atoms with E-state index in [1.807, 2.05) is 0 Å². The van der Waals surface area contributed by atoms with Gasteiger partial charge in [0, 0.05) is 39.0 Å². The first-order valence-electron chi connectivity index (χ1n) is 7.97. The summed E-state index contributed by atoms with van der Waals surface area (Å²) in [6.07, 6.45) is 1.22. The lowest BCUT2D eigenvalue weighted by Crippen LogP contribution is -2.30. The number of nitrogens with one attached hydrogen (secondary N) is 1. The molecule has 0 heterocycles. The Bertz CT molecular complexity index is 418. The van der Waals surface area contributed by atoms with E-state index in [-0.39, 0.29) is 0 Å². The van der Waals surface area contributed by atoms with Crippen molar-refractivity contribution in [3.63, 3.8) is 0 Å². The van der Waals surface area contributed by atoms with Crippen LogP contribution in [0.3, 0.4) is 0 Å². The Hall–Kier alpha value is -1.06. The number of hydrogen-bond acceptors (Lipinski definition) is 3. The van der Waals surface area contributed by atoms with Gasteiger partial charge in [0.2, 0.25) is 0 Å². The maximum atomic E-state index is 5.05. The topological polar surface area (TPSA) is 24.5 Å². The number of nitrogens with zero attached hydrogens (tertiary/aromatic N) is 1. The lowest BCUT2D eigenvalue weighted by Gasteiger charge is -2.29. The van der Waals surface area contributed by atoms with Crippen molar-refractivity contribution in [2.24, 2.45) is 5.92 Å². The summed E-state index contributed by atoms with van der Waals surface area (Å²) in [5, 5.41) is 3.40. The minimum absolute atomic E-state index is 0.565. The van der Waals surface area contributed by atoms with E-state index in [0.29, 0.717) is 6.04 Å². The van der Waals surface area contributed by atoms with Gasteiger partial charge in [-0.1, -0.05) is 19.9 Å². The second-order valence-corrected chi connectivity index (χ2v) is 6.37. The van der Waals surface area contributed by atoms with Crippen LogP contribution in [0.15, 0.2) is 18.2 Å². The highest BCUT2D eigenvalue weighted by Gasteiger charge is 2.12. The molecule has 1 rings (SSSR count). The Morgan fingerprint density at radius 2 is 1.95 bits per heavy atom. The predicted molar refractivity (Wildman–Crippen MR) is 92.1 cm³/mol. The van der Waals surface area contributed by atoms with Crippen molar-refractivity contribution in [3.8, 4) is 0 Å². The molecular formula is C18H32N2O. The molecule has 0 bridgehead atoms. The minimum Gasteiger partial charge on any atom is -0.383 e. The number of benzene rings is 1. The van der Waals surface area contributed by atoms with Crippen LogP contribution >= 0.6 is 0 Å². The highest BCUT2D eigenvalue weighted by Crippen LogP contribution is 2.22. The van der Waals surface area contributed by atoms with Crippen LogP contribution in [0.1, 0.15) is 38.3 Å². The summed E-state index contributed by atoms with van der Waals surface area (Å²) in [4.78, 5) is 2.38. The summed E-state index contributed by atoms with van der Waals surface area (Å²) in [6.45, 7) is 11.6.